The maximum absolute atomic E-state index is 10.9. The summed E-state index contributed by atoms with van der Waals surface area (Å²) in [4.78, 5) is 10.9. The van der Waals surface area contributed by atoms with Gasteiger partial charge < -0.3 is 13.6 Å². The number of carbonyl (C=O) groups is 1. The average molecular weight is 245 g/mol. The highest BCUT2D eigenvalue weighted by molar-refractivity contribution is 6.44. The fourth-order valence-electron chi connectivity index (χ4n) is 1.13. The van der Waals surface area contributed by atoms with Crippen LogP contribution in [0.4, 0.5) is 0 Å². The van der Waals surface area contributed by atoms with Crippen molar-refractivity contribution >= 4 is 15.3 Å². The van der Waals surface area contributed by atoms with Crippen LogP contribution in [0.1, 0.15) is 27.2 Å². The first kappa shape index (κ1) is 15.3. The van der Waals surface area contributed by atoms with Crippen LogP contribution in [0.25, 0.3) is 0 Å². The molecule has 4 nitrogen and oxygen atoms in total. The summed E-state index contributed by atoms with van der Waals surface area (Å²) >= 11 is 0. The first-order chi connectivity index (χ1) is 7.63. The lowest BCUT2D eigenvalue weighted by molar-refractivity contribution is -0.142. The van der Waals surface area contributed by atoms with Gasteiger partial charge in [-0.25, -0.2) is 4.79 Å². The predicted molar refractivity (Wildman–Crippen MR) is 64.2 cm³/mol. The predicted octanol–water partition coefficient (Wildman–Crippen LogP) is 2.06. The fourth-order valence-corrected chi connectivity index (χ4v) is 2.79. The smallest absolute Gasteiger partial charge is 0.384 e. The molecule has 0 bridgehead atoms. The van der Waals surface area contributed by atoms with Crippen molar-refractivity contribution < 1.29 is 18.4 Å². The van der Waals surface area contributed by atoms with Gasteiger partial charge in [-0.1, -0.05) is 6.58 Å². The van der Waals surface area contributed by atoms with Gasteiger partial charge in [-0.05, 0) is 33.2 Å². The molecule has 0 spiro atoms. The van der Waals surface area contributed by atoms with Crippen LogP contribution in [-0.4, -0.2) is 34.6 Å². The van der Waals surface area contributed by atoms with Crippen molar-refractivity contribution in [1.29, 1.82) is 0 Å². The third-order valence-electron chi connectivity index (χ3n) is 1.85. The van der Waals surface area contributed by atoms with E-state index in [2.05, 4.69) is 6.58 Å². The topological polar surface area (TPSA) is 44.8 Å². The quantitative estimate of drug-likeness (QED) is 0.354. The number of hydrogen-bond donors (Lipinski definition) is 0. The Morgan fingerprint density at radius 2 is 1.94 bits per heavy atom. The van der Waals surface area contributed by atoms with E-state index >= 15 is 0 Å². The van der Waals surface area contributed by atoms with Gasteiger partial charge >= 0.3 is 15.3 Å². The van der Waals surface area contributed by atoms with Crippen molar-refractivity contribution in [2.75, 3.05) is 13.2 Å². The Bertz CT molecular complexity index is 202. The zero-order valence-corrected chi connectivity index (χ0v) is 11.3. The molecule has 0 aliphatic heterocycles. The van der Waals surface area contributed by atoms with Crippen LogP contribution in [0.15, 0.2) is 12.7 Å². The lowest BCUT2D eigenvalue weighted by atomic mass is 10.3. The van der Waals surface area contributed by atoms with Gasteiger partial charge in [0.2, 0.25) is 0 Å². The van der Waals surface area contributed by atoms with Crippen LogP contribution in [0.5, 0.6) is 0 Å². The molecule has 0 N–H and O–H groups in total. The number of rotatable bonds is 9. The maximum atomic E-state index is 10.9. The van der Waals surface area contributed by atoms with E-state index in [9.17, 15) is 4.79 Å². The van der Waals surface area contributed by atoms with E-state index in [-0.39, 0.29) is 12.1 Å². The summed E-state index contributed by atoms with van der Waals surface area (Å²) in [5.41, 5.74) is 0. The zero-order valence-electron chi connectivity index (χ0n) is 10.3. The fraction of sp³-hybridized carbons (Fsp3) is 0.727. The molecule has 0 aromatic rings. The zero-order chi connectivity index (χ0) is 12.4. The molecule has 0 aliphatic carbocycles. The van der Waals surface area contributed by atoms with Gasteiger partial charge in [0.15, 0.2) is 0 Å². The molecule has 1 unspecified atom stereocenters. The third-order valence-corrected chi connectivity index (χ3v) is 3.77. The standard InChI is InChI=1S/C11H21O4Si/c1-5-11(12)15-10(4)8-9-16(13-6-2)14-7-3/h5,10H,1,6-9H2,2-4H3. The van der Waals surface area contributed by atoms with E-state index < -0.39 is 9.28 Å². The first-order valence-electron chi connectivity index (χ1n) is 5.58. The Balaban J connectivity index is 3.80. The highest BCUT2D eigenvalue weighted by atomic mass is 28.3. The number of hydrogen-bond acceptors (Lipinski definition) is 4. The maximum Gasteiger partial charge on any atom is 0.384 e. The van der Waals surface area contributed by atoms with E-state index in [1.807, 2.05) is 20.8 Å². The minimum absolute atomic E-state index is 0.119. The molecule has 5 heteroatoms. The largest absolute Gasteiger partial charge is 0.460 e. The first-order valence-corrected chi connectivity index (χ1v) is 7.10. The second-order valence-corrected chi connectivity index (χ2v) is 5.05. The van der Waals surface area contributed by atoms with E-state index in [1.54, 1.807) is 0 Å². The van der Waals surface area contributed by atoms with Gasteiger partial charge in [0.25, 0.3) is 0 Å². The second kappa shape index (κ2) is 9.56. The van der Waals surface area contributed by atoms with Gasteiger partial charge in [0.1, 0.15) is 0 Å². The van der Waals surface area contributed by atoms with Crippen LogP contribution in [-0.2, 0) is 18.4 Å². The van der Waals surface area contributed by atoms with E-state index in [1.165, 1.54) is 6.08 Å². The van der Waals surface area contributed by atoms with Crippen LogP contribution in [0, 0.1) is 0 Å². The molecule has 0 aromatic heterocycles. The molecule has 0 amide bonds. The molecule has 1 atom stereocenters. The molecule has 0 rings (SSSR count). The molecule has 0 saturated carbocycles. The summed E-state index contributed by atoms with van der Waals surface area (Å²) in [6, 6.07) is 0.817. The molecule has 0 saturated heterocycles. The highest BCUT2D eigenvalue weighted by Gasteiger charge is 2.17. The normalized spacial score (nSPS) is 12.5. The molecule has 0 fully saturated rings. The number of esters is 1. The average Bonchev–Trinajstić information content (AvgIpc) is 2.26. The summed E-state index contributed by atoms with van der Waals surface area (Å²) in [6.45, 7) is 10.4. The van der Waals surface area contributed by atoms with Gasteiger partial charge in [-0.15, -0.1) is 0 Å². The molecule has 93 valence electrons. The third kappa shape index (κ3) is 7.61. The van der Waals surface area contributed by atoms with Crippen molar-refractivity contribution in [3.8, 4) is 0 Å². The van der Waals surface area contributed by atoms with Crippen molar-refractivity contribution in [1.82, 2.24) is 0 Å². The number of carbonyl (C=O) groups excluding carboxylic acids is 1. The summed E-state index contributed by atoms with van der Waals surface area (Å²) in [6.07, 6.45) is 1.81. The lowest BCUT2D eigenvalue weighted by Gasteiger charge is -2.16. The van der Waals surface area contributed by atoms with Gasteiger partial charge in [0, 0.05) is 19.3 Å². The Hall–Kier alpha value is -0.653. The minimum atomic E-state index is -1.20. The Morgan fingerprint density at radius 3 is 2.38 bits per heavy atom. The van der Waals surface area contributed by atoms with E-state index in [0.717, 1.165) is 12.5 Å². The minimum Gasteiger partial charge on any atom is -0.460 e. The van der Waals surface area contributed by atoms with Gasteiger partial charge in [-0.2, -0.15) is 0 Å². The van der Waals surface area contributed by atoms with Crippen LogP contribution >= 0.6 is 0 Å². The lowest BCUT2D eigenvalue weighted by Crippen LogP contribution is -2.25. The van der Waals surface area contributed by atoms with Crippen molar-refractivity contribution in [2.24, 2.45) is 0 Å². The van der Waals surface area contributed by atoms with E-state index in [4.69, 9.17) is 13.6 Å². The van der Waals surface area contributed by atoms with Crippen LogP contribution < -0.4 is 0 Å². The van der Waals surface area contributed by atoms with Crippen LogP contribution in [0.3, 0.4) is 0 Å². The molecular weight excluding hydrogens is 224 g/mol. The molecule has 0 aliphatic rings. The molecule has 0 aromatic carbocycles. The summed E-state index contributed by atoms with van der Waals surface area (Å²) < 4.78 is 16.0. The Morgan fingerprint density at radius 1 is 1.38 bits per heavy atom. The summed E-state index contributed by atoms with van der Waals surface area (Å²) in [5.74, 6) is -0.380. The number of ether oxygens (including phenoxy) is 1. The van der Waals surface area contributed by atoms with Crippen molar-refractivity contribution in [3.63, 3.8) is 0 Å². The molecule has 16 heavy (non-hydrogen) atoms. The monoisotopic (exact) mass is 245 g/mol. The molecule has 0 heterocycles. The van der Waals surface area contributed by atoms with Crippen molar-refractivity contribution in [3.05, 3.63) is 12.7 Å². The van der Waals surface area contributed by atoms with Crippen LogP contribution in [0.2, 0.25) is 6.04 Å². The summed E-state index contributed by atoms with van der Waals surface area (Å²) in [5, 5.41) is 0. The SMILES string of the molecule is C=CC(=O)OC(C)CC[Si](OCC)OCC. The molecular formula is C11H21O4Si. The Kier molecular flexibility index (Phi) is 9.17. The second-order valence-electron chi connectivity index (χ2n) is 3.23. The highest BCUT2D eigenvalue weighted by Crippen LogP contribution is 2.08. The summed E-state index contributed by atoms with van der Waals surface area (Å²) in [7, 11) is -1.20. The Labute approximate surface area is 99.4 Å². The van der Waals surface area contributed by atoms with Gasteiger partial charge in [0.05, 0.1) is 6.10 Å². The van der Waals surface area contributed by atoms with E-state index in [0.29, 0.717) is 13.2 Å². The molecule has 1 radical (unpaired) electrons. The van der Waals surface area contributed by atoms with Gasteiger partial charge in [-0.3, -0.25) is 0 Å². The van der Waals surface area contributed by atoms with Crippen molar-refractivity contribution in [2.45, 2.75) is 39.3 Å².